The van der Waals surface area contributed by atoms with Crippen LogP contribution in [0, 0.1) is 0 Å². The highest BCUT2D eigenvalue weighted by molar-refractivity contribution is 6.36. The number of carbonyl (C=O) groups is 1. The fourth-order valence-corrected chi connectivity index (χ4v) is 2.20. The highest BCUT2D eigenvalue weighted by Crippen LogP contribution is 2.25. The van der Waals surface area contributed by atoms with Crippen LogP contribution >= 0.6 is 23.2 Å². The van der Waals surface area contributed by atoms with E-state index in [2.05, 4.69) is 5.32 Å². The Morgan fingerprint density at radius 3 is 2.57 bits per heavy atom. The van der Waals surface area contributed by atoms with Crippen molar-refractivity contribution in [1.82, 2.24) is 0 Å². The average molecular weight is 352 g/mol. The Kier molecular flexibility index (Phi) is 6.47. The Labute approximate surface area is 144 Å². The second-order valence-electron chi connectivity index (χ2n) is 4.57. The summed E-state index contributed by atoms with van der Waals surface area (Å²) in [6, 6.07) is 12.2. The van der Waals surface area contributed by atoms with Crippen molar-refractivity contribution < 1.29 is 14.3 Å². The molecule has 23 heavy (non-hydrogen) atoms. The summed E-state index contributed by atoms with van der Waals surface area (Å²) in [6.45, 7) is 0.194. The number of carbonyl (C=O) groups excluding carboxylic acids is 1. The number of amides is 1. The number of anilines is 1. The first-order chi connectivity index (χ1) is 11.1. The van der Waals surface area contributed by atoms with E-state index < -0.39 is 0 Å². The smallest absolute Gasteiger partial charge is 0.248 e. The second-order valence-corrected chi connectivity index (χ2v) is 5.41. The molecule has 0 heterocycles. The van der Waals surface area contributed by atoms with E-state index in [1.165, 1.54) is 6.08 Å². The third-order valence-corrected chi connectivity index (χ3v) is 3.39. The van der Waals surface area contributed by atoms with Gasteiger partial charge in [-0.25, -0.2) is 0 Å². The maximum atomic E-state index is 11.9. The van der Waals surface area contributed by atoms with Gasteiger partial charge in [-0.3, -0.25) is 4.79 Å². The van der Waals surface area contributed by atoms with E-state index in [0.717, 1.165) is 5.56 Å². The van der Waals surface area contributed by atoms with Crippen LogP contribution in [-0.4, -0.2) is 19.8 Å². The van der Waals surface area contributed by atoms with E-state index in [-0.39, 0.29) is 12.7 Å². The maximum absolute atomic E-state index is 11.9. The van der Waals surface area contributed by atoms with Crippen LogP contribution in [0.25, 0.3) is 6.08 Å². The van der Waals surface area contributed by atoms with Crippen LogP contribution in [0.4, 0.5) is 5.69 Å². The van der Waals surface area contributed by atoms with Crippen molar-refractivity contribution in [3.05, 3.63) is 64.1 Å². The standard InChI is InChI=1S/C17H15Cl2NO3/c1-22-11-23-14-6-2-12(3-7-14)4-9-17(21)20-16-8-5-13(18)10-15(16)19/h2-10H,11H2,1H3,(H,20,21)/b9-4+. The SMILES string of the molecule is COCOc1ccc(/C=C/C(=O)Nc2ccc(Cl)cc2Cl)cc1. The summed E-state index contributed by atoms with van der Waals surface area (Å²) >= 11 is 11.8. The molecule has 0 aliphatic carbocycles. The van der Waals surface area contributed by atoms with Crippen LogP contribution < -0.4 is 10.1 Å². The molecule has 120 valence electrons. The van der Waals surface area contributed by atoms with Gasteiger partial charge in [0.2, 0.25) is 5.91 Å². The van der Waals surface area contributed by atoms with E-state index in [1.807, 2.05) is 12.1 Å². The Morgan fingerprint density at radius 1 is 1.17 bits per heavy atom. The van der Waals surface area contributed by atoms with Gasteiger partial charge in [-0.2, -0.15) is 0 Å². The van der Waals surface area contributed by atoms with Gasteiger partial charge in [0, 0.05) is 18.2 Å². The van der Waals surface area contributed by atoms with Crippen molar-refractivity contribution in [3.8, 4) is 5.75 Å². The van der Waals surface area contributed by atoms with Crippen LogP contribution in [0.1, 0.15) is 5.56 Å². The van der Waals surface area contributed by atoms with Crippen LogP contribution in [-0.2, 0) is 9.53 Å². The average Bonchev–Trinajstić information content (AvgIpc) is 2.54. The lowest BCUT2D eigenvalue weighted by molar-refractivity contribution is -0.111. The zero-order valence-electron chi connectivity index (χ0n) is 12.4. The third kappa shape index (κ3) is 5.60. The predicted molar refractivity (Wildman–Crippen MR) is 93.1 cm³/mol. The van der Waals surface area contributed by atoms with Gasteiger partial charge in [0.15, 0.2) is 6.79 Å². The van der Waals surface area contributed by atoms with Crippen molar-refractivity contribution in [2.75, 3.05) is 19.2 Å². The minimum Gasteiger partial charge on any atom is -0.468 e. The van der Waals surface area contributed by atoms with E-state index >= 15 is 0 Å². The zero-order valence-corrected chi connectivity index (χ0v) is 13.9. The van der Waals surface area contributed by atoms with Gasteiger partial charge in [0.25, 0.3) is 0 Å². The minimum atomic E-state index is -0.283. The molecule has 0 aliphatic rings. The fourth-order valence-electron chi connectivity index (χ4n) is 1.74. The minimum absolute atomic E-state index is 0.194. The van der Waals surface area contributed by atoms with Gasteiger partial charge in [-0.1, -0.05) is 35.3 Å². The van der Waals surface area contributed by atoms with Gasteiger partial charge in [-0.05, 0) is 42.0 Å². The van der Waals surface area contributed by atoms with Gasteiger partial charge in [0.1, 0.15) is 5.75 Å². The molecule has 2 rings (SSSR count). The van der Waals surface area contributed by atoms with Crippen LogP contribution in [0.2, 0.25) is 10.0 Å². The number of rotatable bonds is 6. The lowest BCUT2D eigenvalue weighted by atomic mass is 10.2. The van der Waals surface area contributed by atoms with Crippen molar-refractivity contribution in [2.24, 2.45) is 0 Å². The van der Waals surface area contributed by atoms with E-state index in [1.54, 1.807) is 43.5 Å². The third-order valence-electron chi connectivity index (χ3n) is 2.84. The lowest BCUT2D eigenvalue weighted by Crippen LogP contribution is -2.08. The molecule has 0 spiro atoms. The van der Waals surface area contributed by atoms with E-state index in [0.29, 0.717) is 21.5 Å². The van der Waals surface area contributed by atoms with Crippen molar-refractivity contribution >= 4 is 40.9 Å². The molecule has 4 nitrogen and oxygen atoms in total. The highest BCUT2D eigenvalue weighted by Gasteiger charge is 2.03. The normalized spacial score (nSPS) is 10.7. The first-order valence-electron chi connectivity index (χ1n) is 6.74. The Balaban J connectivity index is 1.95. The van der Waals surface area contributed by atoms with Crippen molar-refractivity contribution in [3.63, 3.8) is 0 Å². The van der Waals surface area contributed by atoms with Gasteiger partial charge < -0.3 is 14.8 Å². The molecule has 0 saturated carbocycles. The van der Waals surface area contributed by atoms with Gasteiger partial charge in [-0.15, -0.1) is 0 Å². The van der Waals surface area contributed by atoms with Gasteiger partial charge >= 0.3 is 0 Å². The predicted octanol–water partition coefficient (Wildman–Crippen LogP) is 4.63. The first kappa shape index (κ1) is 17.3. The summed E-state index contributed by atoms with van der Waals surface area (Å²) in [6.07, 6.45) is 3.12. The van der Waals surface area contributed by atoms with Gasteiger partial charge in [0.05, 0.1) is 10.7 Å². The van der Waals surface area contributed by atoms with Crippen molar-refractivity contribution in [2.45, 2.75) is 0 Å². The molecule has 0 atom stereocenters. The molecule has 0 radical (unpaired) electrons. The largest absolute Gasteiger partial charge is 0.468 e. The molecule has 1 N–H and O–H groups in total. The van der Waals surface area contributed by atoms with E-state index in [4.69, 9.17) is 32.7 Å². The zero-order chi connectivity index (χ0) is 16.7. The summed E-state index contributed by atoms with van der Waals surface area (Å²) in [5.74, 6) is 0.412. The number of nitrogens with one attached hydrogen (secondary N) is 1. The molecular weight excluding hydrogens is 337 g/mol. The fraction of sp³-hybridized carbons (Fsp3) is 0.118. The number of methoxy groups -OCH3 is 1. The van der Waals surface area contributed by atoms with Crippen LogP contribution in [0.5, 0.6) is 5.75 Å². The Morgan fingerprint density at radius 2 is 1.91 bits per heavy atom. The number of hydrogen-bond acceptors (Lipinski definition) is 3. The highest BCUT2D eigenvalue weighted by atomic mass is 35.5. The molecular formula is C17H15Cl2NO3. The number of ether oxygens (including phenoxy) is 2. The van der Waals surface area contributed by atoms with Crippen molar-refractivity contribution in [1.29, 1.82) is 0 Å². The molecule has 6 heteroatoms. The molecule has 0 fully saturated rings. The number of hydrogen-bond donors (Lipinski definition) is 1. The summed E-state index contributed by atoms with van der Waals surface area (Å²) in [7, 11) is 1.56. The van der Waals surface area contributed by atoms with Crippen LogP contribution in [0.3, 0.4) is 0 Å². The number of halogens is 2. The summed E-state index contributed by atoms with van der Waals surface area (Å²) in [5, 5.41) is 3.59. The summed E-state index contributed by atoms with van der Waals surface area (Å²) < 4.78 is 10.1. The monoisotopic (exact) mass is 351 g/mol. The molecule has 0 bridgehead atoms. The topological polar surface area (TPSA) is 47.6 Å². The molecule has 2 aromatic carbocycles. The lowest BCUT2D eigenvalue weighted by Gasteiger charge is -2.05. The molecule has 0 saturated heterocycles. The Bertz CT molecular complexity index is 699. The Hall–Kier alpha value is -2.01. The second kappa shape index (κ2) is 8.58. The molecule has 1 amide bonds. The maximum Gasteiger partial charge on any atom is 0.248 e. The first-order valence-corrected chi connectivity index (χ1v) is 7.50. The molecule has 0 unspecified atom stereocenters. The molecule has 0 aromatic heterocycles. The summed E-state index contributed by atoms with van der Waals surface area (Å²) in [4.78, 5) is 11.9. The molecule has 0 aliphatic heterocycles. The van der Waals surface area contributed by atoms with E-state index in [9.17, 15) is 4.79 Å². The molecule has 2 aromatic rings. The quantitative estimate of drug-likeness (QED) is 0.609. The van der Waals surface area contributed by atoms with Crippen LogP contribution in [0.15, 0.2) is 48.5 Å². The summed E-state index contributed by atoms with van der Waals surface area (Å²) in [5.41, 5.74) is 1.38. The number of benzene rings is 2.